The molecule has 2 heterocycles. The van der Waals surface area contributed by atoms with E-state index in [1.807, 2.05) is 24.3 Å². The van der Waals surface area contributed by atoms with Gasteiger partial charge in [-0.3, -0.25) is 14.5 Å². The minimum atomic E-state index is -0.233. The van der Waals surface area contributed by atoms with Gasteiger partial charge in [-0.1, -0.05) is 24.6 Å². The quantitative estimate of drug-likeness (QED) is 0.623. The highest BCUT2D eigenvalue weighted by Crippen LogP contribution is 2.29. The Labute approximate surface area is 188 Å². The maximum atomic E-state index is 13.1. The molecule has 2 aromatic carbocycles. The molecule has 1 atom stereocenters. The van der Waals surface area contributed by atoms with Gasteiger partial charge in [0.1, 0.15) is 11.5 Å². The second kappa shape index (κ2) is 9.57. The SMILES string of the molecule is COc1cccc(-c2oc3c(C(=O)NCC(C)N4CCCCC4)cccc3c(=O)c2C)c1. The van der Waals surface area contributed by atoms with Crippen LogP contribution >= 0.6 is 0 Å². The van der Waals surface area contributed by atoms with Crippen molar-refractivity contribution in [2.24, 2.45) is 0 Å². The van der Waals surface area contributed by atoms with E-state index < -0.39 is 0 Å². The fourth-order valence-electron chi connectivity index (χ4n) is 4.35. The number of fused-ring (bicyclic) bond motifs is 1. The van der Waals surface area contributed by atoms with E-state index in [0.29, 0.717) is 40.2 Å². The number of para-hydroxylation sites is 1. The van der Waals surface area contributed by atoms with Gasteiger partial charge in [-0.15, -0.1) is 0 Å². The Balaban J connectivity index is 1.66. The molecule has 6 nitrogen and oxygen atoms in total. The summed E-state index contributed by atoms with van der Waals surface area (Å²) in [6, 6.07) is 12.8. The summed E-state index contributed by atoms with van der Waals surface area (Å²) in [4.78, 5) is 28.6. The zero-order chi connectivity index (χ0) is 22.7. The van der Waals surface area contributed by atoms with Crippen LogP contribution in [0.2, 0.25) is 0 Å². The number of piperidine rings is 1. The van der Waals surface area contributed by atoms with Crippen LogP contribution in [0.4, 0.5) is 0 Å². The lowest BCUT2D eigenvalue weighted by Crippen LogP contribution is -2.44. The lowest BCUT2D eigenvalue weighted by molar-refractivity contribution is 0.0930. The minimum absolute atomic E-state index is 0.139. The van der Waals surface area contributed by atoms with Crippen LogP contribution in [-0.4, -0.2) is 43.6 Å². The Morgan fingerprint density at radius 1 is 1.16 bits per heavy atom. The molecule has 32 heavy (non-hydrogen) atoms. The Kier molecular flexibility index (Phi) is 6.61. The maximum Gasteiger partial charge on any atom is 0.255 e. The van der Waals surface area contributed by atoms with Crippen LogP contribution < -0.4 is 15.5 Å². The van der Waals surface area contributed by atoms with Gasteiger partial charge in [-0.2, -0.15) is 0 Å². The van der Waals surface area contributed by atoms with Crippen molar-refractivity contribution >= 4 is 16.9 Å². The molecule has 4 rings (SSSR count). The van der Waals surface area contributed by atoms with Crippen LogP contribution in [0.3, 0.4) is 0 Å². The van der Waals surface area contributed by atoms with E-state index in [2.05, 4.69) is 17.1 Å². The highest BCUT2D eigenvalue weighted by Gasteiger charge is 2.21. The third kappa shape index (κ3) is 4.41. The van der Waals surface area contributed by atoms with Crippen LogP contribution in [-0.2, 0) is 0 Å². The minimum Gasteiger partial charge on any atom is -0.497 e. The monoisotopic (exact) mass is 434 g/mol. The molecular formula is C26H30N2O4. The molecule has 0 spiro atoms. The first-order valence-corrected chi connectivity index (χ1v) is 11.2. The number of rotatable bonds is 6. The molecule has 1 unspecified atom stereocenters. The Morgan fingerprint density at radius 3 is 2.66 bits per heavy atom. The highest BCUT2D eigenvalue weighted by atomic mass is 16.5. The molecule has 1 aliphatic heterocycles. The number of hydrogen-bond acceptors (Lipinski definition) is 5. The van der Waals surface area contributed by atoms with Crippen LogP contribution in [0.25, 0.3) is 22.3 Å². The summed E-state index contributed by atoms with van der Waals surface area (Å²) in [5, 5.41) is 3.45. The molecule has 0 aliphatic carbocycles. The van der Waals surface area contributed by atoms with Gasteiger partial charge in [0, 0.05) is 23.7 Å². The fourth-order valence-corrected chi connectivity index (χ4v) is 4.35. The molecule has 0 radical (unpaired) electrons. The average Bonchev–Trinajstić information content (AvgIpc) is 2.84. The number of benzene rings is 2. The fraction of sp³-hybridized carbons (Fsp3) is 0.385. The number of carbonyl (C=O) groups is 1. The third-order valence-electron chi connectivity index (χ3n) is 6.29. The number of carbonyl (C=O) groups excluding carboxylic acids is 1. The number of nitrogens with one attached hydrogen (secondary N) is 1. The van der Waals surface area contributed by atoms with Crippen molar-refractivity contribution in [3.8, 4) is 17.1 Å². The van der Waals surface area contributed by atoms with Crippen molar-refractivity contribution in [1.29, 1.82) is 0 Å². The number of likely N-dealkylation sites (tertiary alicyclic amines) is 1. The van der Waals surface area contributed by atoms with Crippen molar-refractivity contribution in [1.82, 2.24) is 10.2 Å². The van der Waals surface area contributed by atoms with E-state index in [1.165, 1.54) is 19.3 Å². The average molecular weight is 435 g/mol. The summed E-state index contributed by atoms with van der Waals surface area (Å²) < 4.78 is 11.5. The first kappa shape index (κ1) is 22.1. The molecule has 1 aromatic heterocycles. The van der Waals surface area contributed by atoms with E-state index in [1.54, 1.807) is 32.2 Å². The third-order valence-corrected chi connectivity index (χ3v) is 6.29. The summed E-state index contributed by atoms with van der Waals surface area (Å²) in [5.74, 6) is 0.883. The standard InChI is InChI=1S/C26H30N2O4/c1-17(28-13-5-4-6-14-28)16-27-26(30)22-12-8-11-21-23(29)18(2)24(32-25(21)22)19-9-7-10-20(15-19)31-3/h7-12,15,17H,4-6,13-14,16H2,1-3H3,(H,27,30). The number of ether oxygens (including phenoxy) is 1. The Bertz CT molecular complexity index is 1180. The highest BCUT2D eigenvalue weighted by molar-refractivity contribution is 6.05. The summed E-state index contributed by atoms with van der Waals surface area (Å²) in [7, 11) is 1.59. The van der Waals surface area contributed by atoms with Gasteiger partial charge >= 0.3 is 0 Å². The Hall–Kier alpha value is -3.12. The van der Waals surface area contributed by atoms with Gasteiger partial charge in [0.15, 0.2) is 11.0 Å². The molecule has 168 valence electrons. The van der Waals surface area contributed by atoms with Crippen molar-refractivity contribution in [2.45, 2.75) is 39.2 Å². The first-order valence-electron chi connectivity index (χ1n) is 11.2. The maximum absolute atomic E-state index is 13.1. The van der Waals surface area contributed by atoms with Gasteiger partial charge in [-0.05, 0) is 64.0 Å². The summed E-state index contributed by atoms with van der Waals surface area (Å²) in [6.45, 7) is 6.58. The molecule has 0 saturated carbocycles. The van der Waals surface area contributed by atoms with Crippen LogP contribution in [0.15, 0.2) is 51.7 Å². The number of hydrogen-bond donors (Lipinski definition) is 1. The zero-order valence-electron chi connectivity index (χ0n) is 18.9. The largest absolute Gasteiger partial charge is 0.497 e. The van der Waals surface area contributed by atoms with E-state index >= 15 is 0 Å². The molecule has 3 aromatic rings. The zero-order valence-corrected chi connectivity index (χ0v) is 18.9. The lowest BCUT2D eigenvalue weighted by atomic mass is 10.0. The van der Waals surface area contributed by atoms with Crippen LogP contribution in [0.1, 0.15) is 42.1 Å². The van der Waals surface area contributed by atoms with Crippen LogP contribution in [0, 0.1) is 6.92 Å². The number of nitrogens with zero attached hydrogens (tertiary/aromatic N) is 1. The molecule has 1 fully saturated rings. The molecule has 1 saturated heterocycles. The summed E-state index contributed by atoms with van der Waals surface area (Å²) in [6.07, 6.45) is 3.69. The van der Waals surface area contributed by atoms with Gasteiger partial charge < -0.3 is 14.5 Å². The normalized spacial score (nSPS) is 15.5. The smallest absolute Gasteiger partial charge is 0.255 e. The van der Waals surface area contributed by atoms with Gasteiger partial charge in [0.2, 0.25) is 0 Å². The Morgan fingerprint density at radius 2 is 1.91 bits per heavy atom. The van der Waals surface area contributed by atoms with Crippen molar-refractivity contribution in [3.05, 3.63) is 63.8 Å². The number of methoxy groups -OCH3 is 1. The van der Waals surface area contributed by atoms with E-state index in [9.17, 15) is 9.59 Å². The predicted molar refractivity (Wildman–Crippen MR) is 126 cm³/mol. The molecule has 1 N–H and O–H groups in total. The molecule has 0 bridgehead atoms. The van der Waals surface area contributed by atoms with Crippen molar-refractivity contribution in [2.75, 3.05) is 26.7 Å². The second-order valence-corrected chi connectivity index (χ2v) is 8.46. The number of amides is 1. The molecular weight excluding hydrogens is 404 g/mol. The molecule has 1 aliphatic rings. The molecule has 1 amide bonds. The van der Waals surface area contributed by atoms with Crippen LogP contribution in [0.5, 0.6) is 5.75 Å². The lowest BCUT2D eigenvalue weighted by Gasteiger charge is -2.32. The first-order chi connectivity index (χ1) is 15.5. The summed E-state index contributed by atoms with van der Waals surface area (Å²) >= 11 is 0. The van der Waals surface area contributed by atoms with E-state index in [4.69, 9.17) is 9.15 Å². The van der Waals surface area contributed by atoms with E-state index in [0.717, 1.165) is 18.7 Å². The van der Waals surface area contributed by atoms with Crippen molar-refractivity contribution < 1.29 is 13.9 Å². The van der Waals surface area contributed by atoms with Gasteiger partial charge in [0.25, 0.3) is 5.91 Å². The van der Waals surface area contributed by atoms with Gasteiger partial charge in [-0.25, -0.2) is 0 Å². The van der Waals surface area contributed by atoms with Crippen molar-refractivity contribution in [3.63, 3.8) is 0 Å². The topological polar surface area (TPSA) is 71.8 Å². The van der Waals surface area contributed by atoms with Gasteiger partial charge in [0.05, 0.1) is 18.1 Å². The second-order valence-electron chi connectivity index (χ2n) is 8.46. The summed E-state index contributed by atoms with van der Waals surface area (Å²) in [5.41, 5.74) is 1.77. The van der Waals surface area contributed by atoms with E-state index in [-0.39, 0.29) is 17.4 Å². The molecule has 6 heteroatoms. The predicted octanol–water partition coefficient (Wildman–Crippen LogP) is 4.38.